The van der Waals surface area contributed by atoms with E-state index in [0.717, 1.165) is 65.6 Å². The first-order valence-corrected chi connectivity index (χ1v) is 18.0. The number of hydrogen-bond acceptors (Lipinski definition) is 10. The molecule has 2 aromatic heterocycles. The topological polar surface area (TPSA) is 139 Å². The van der Waals surface area contributed by atoms with Crippen LogP contribution in [0.25, 0.3) is 22.4 Å². The van der Waals surface area contributed by atoms with Gasteiger partial charge in [-0.15, -0.1) is 0 Å². The number of likely N-dealkylation sites (tertiary alicyclic amines) is 1. The molecule has 268 valence electrons. The fourth-order valence-electron chi connectivity index (χ4n) is 7.42. The first-order chi connectivity index (χ1) is 24.7. The van der Waals surface area contributed by atoms with Crippen LogP contribution >= 0.6 is 23.2 Å². The summed E-state index contributed by atoms with van der Waals surface area (Å²) in [6.45, 7) is 2.97. The molecule has 11 nitrogen and oxygen atoms in total. The van der Waals surface area contributed by atoms with Gasteiger partial charge in [0.2, 0.25) is 17.6 Å². The summed E-state index contributed by atoms with van der Waals surface area (Å²) in [6.07, 6.45) is 5.06. The molecule has 2 atom stereocenters. The lowest BCUT2D eigenvalue weighted by Crippen LogP contribution is -2.36. The second-order valence-electron chi connectivity index (χ2n) is 13.5. The molecular weight excluding hydrogens is 693 g/mol. The molecule has 7 rings (SSSR count). The first kappa shape index (κ1) is 35.4. The largest absolute Gasteiger partial charge is 0.481 e. The molecule has 1 aliphatic heterocycles. The van der Waals surface area contributed by atoms with Gasteiger partial charge in [-0.25, -0.2) is 4.98 Å². The van der Waals surface area contributed by atoms with Crippen molar-refractivity contribution < 1.29 is 29.2 Å². The number of aliphatic carboxylic acids is 1. The minimum atomic E-state index is -0.772. The summed E-state index contributed by atoms with van der Waals surface area (Å²) < 4.78 is 17.7. The van der Waals surface area contributed by atoms with Gasteiger partial charge < -0.3 is 29.7 Å². The van der Waals surface area contributed by atoms with Crippen LogP contribution < -0.4 is 19.5 Å². The molecule has 2 aromatic carbocycles. The van der Waals surface area contributed by atoms with Crippen LogP contribution in [0.5, 0.6) is 17.6 Å². The van der Waals surface area contributed by atoms with Gasteiger partial charge in [0.15, 0.2) is 0 Å². The average molecular weight is 735 g/mol. The van der Waals surface area contributed by atoms with Crippen molar-refractivity contribution in [2.45, 2.75) is 57.4 Å². The zero-order valence-corrected chi connectivity index (χ0v) is 30.1. The van der Waals surface area contributed by atoms with Crippen LogP contribution in [0.4, 0.5) is 0 Å². The number of aromatic nitrogens is 3. The molecule has 4 aromatic rings. The summed E-state index contributed by atoms with van der Waals surface area (Å²) in [7, 11) is 3.14. The predicted octanol–water partition coefficient (Wildman–Crippen LogP) is 6.36. The lowest BCUT2D eigenvalue weighted by molar-refractivity contribution is -0.141. The standard InChI is InChI=1S/C38H41Cl2N5O6/c1-49-35-23(20-45-12-11-22(19-45)38(47)48)15-30(39)36(44-35)51-33-10-9-26-25(5-3-6-27(26)33)28-7-4-8-29(34(28)40)31-18-42-32(37(43-31)50-2)17-41-16-21-13-24(46)14-21/h3-8,15,18,21-22,24,33,41,46H,9-14,16-17,19-20H2,1-2H3,(H,47,48)/t21-,22-,24-,33-/m0/s1. The molecule has 0 radical (unpaired) electrons. The van der Waals surface area contributed by atoms with Crippen LogP contribution in [0.3, 0.4) is 0 Å². The van der Waals surface area contributed by atoms with Crippen molar-refractivity contribution >= 4 is 29.2 Å². The Morgan fingerprint density at radius 3 is 2.51 bits per heavy atom. The molecule has 3 aliphatic rings. The van der Waals surface area contributed by atoms with E-state index in [4.69, 9.17) is 42.4 Å². The lowest BCUT2D eigenvalue weighted by Gasteiger charge is -2.31. The molecule has 1 saturated carbocycles. The van der Waals surface area contributed by atoms with E-state index in [1.54, 1.807) is 26.5 Å². The second kappa shape index (κ2) is 15.3. The number of hydrogen-bond donors (Lipinski definition) is 3. The highest BCUT2D eigenvalue weighted by atomic mass is 35.5. The fourth-order valence-corrected chi connectivity index (χ4v) is 7.97. The highest BCUT2D eigenvalue weighted by molar-refractivity contribution is 6.36. The molecule has 0 amide bonds. The Hall–Kier alpha value is -4.00. The van der Waals surface area contributed by atoms with Gasteiger partial charge in [0.1, 0.15) is 16.8 Å². The van der Waals surface area contributed by atoms with Crippen LogP contribution in [-0.2, 0) is 24.3 Å². The first-order valence-electron chi connectivity index (χ1n) is 17.3. The number of methoxy groups -OCH3 is 2. The van der Waals surface area contributed by atoms with E-state index in [1.807, 2.05) is 24.3 Å². The van der Waals surface area contributed by atoms with Gasteiger partial charge in [0.05, 0.1) is 43.2 Å². The molecule has 0 spiro atoms. The van der Waals surface area contributed by atoms with E-state index in [1.165, 1.54) is 0 Å². The monoisotopic (exact) mass is 733 g/mol. The van der Waals surface area contributed by atoms with Crippen LogP contribution in [0.15, 0.2) is 48.7 Å². The van der Waals surface area contributed by atoms with Gasteiger partial charge in [-0.2, -0.15) is 4.98 Å². The molecule has 2 aliphatic carbocycles. The summed E-state index contributed by atoms with van der Waals surface area (Å²) in [5.41, 5.74) is 6.95. The number of carboxylic acid groups (broad SMARTS) is 1. The number of aliphatic hydroxyl groups is 1. The Kier molecular flexibility index (Phi) is 10.6. The number of nitrogens with zero attached hydrogens (tertiary/aromatic N) is 4. The number of carboxylic acids is 1. The molecule has 3 heterocycles. The number of halogens is 2. The SMILES string of the molecule is COc1nc(O[C@H]2CCc3c(-c4cccc(-c5cnc(CNC[C@H]6C[C@H](O)C6)c(OC)n5)c4Cl)cccc32)c(Cl)cc1CN1CC[C@H](C(=O)O)C1. The van der Waals surface area contributed by atoms with E-state index in [0.29, 0.717) is 77.6 Å². The van der Waals surface area contributed by atoms with Crippen LogP contribution in [0.1, 0.15) is 54.2 Å². The van der Waals surface area contributed by atoms with Gasteiger partial charge in [-0.1, -0.05) is 59.6 Å². The predicted molar refractivity (Wildman–Crippen MR) is 193 cm³/mol. The molecule has 3 N–H and O–H groups in total. The maximum Gasteiger partial charge on any atom is 0.307 e. The zero-order valence-electron chi connectivity index (χ0n) is 28.6. The third-order valence-electron chi connectivity index (χ3n) is 10.2. The molecular formula is C38H41Cl2N5O6. The number of carbonyl (C=O) groups is 1. The maximum absolute atomic E-state index is 11.4. The fraction of sp³-hybridized carbons (Fsp3) is 0.421. The Labute approximate surface area is 306 Å². The Balaban J connectivity index is 1.09. The maximum atomic E-state index is 11.4. The summed E-state index contributed by atoms with van der Waals surface area (Å²) in [5.74, 6) is 0.470. The van der Waals surface area contributed by atoms with Gasteiger partial charge in [-0.3, -0.25) is 14.7 Å². The van der Waals surface area contributed by atoms with E-state index >= 15 is 0 Å². The molecule has 0 unspecified atom stereocenters. The molecule has 1 saturated heterocycles. The zero-order chi connectivity index (χ0) is 35.6. The van der Waals surface area contributed by atoms with Crippen molar-refractivity contribution in [2.75, 3.05) is 33.9 Å². The number of aliphatic hydroxyl groups excluding tert-OH is 1. The van der Waals surface area contributed by atoms with Crippen LogP contribution in [0.2, 0.25) is 10.0 Å². The molecule has 13 heteroatoms. The molecule has 51 heavy (non-hydrogen) atoms. The third-order valence-corrected chi connectivity index (χ3v) is 10.8. The van der Waals surface area contributed by atoms with Crippen molar-refractivity contribution in [3.05, 3.63) is 81.1 Å². The summed E-state index contributed by atoms with van der Waals surface area (Å²) in [6, 6.07) is 13.9. The average Bonchev–Trinajstić information content (AvgIpc) is 3.76. The van der Waals surface area contributed by atoms with E-state index in [2.05, 4.69) is 32.3 Å². The Morgan fingerprint density at radius 1 is 1.00 bits per heavy atom. The number of ether oxygens (including phenoxy) is 3. The Bertz CT molecular complexity index is 1920. The van der Waals surface area contributed by atoms with E-state index < -0.39 is 5.97 Å². The summed E-state index contributed by atoms with van der Waals surface area (Å²) >= 11 is 13.9. The number of benzene rings is 2. The van der Waals surface area contributed by atoms with Crippen molar-refractivity contribution in [2.24, 2.45) is 11.8 Å². The minimum absolute atomic E-state index is 0.175. The number of nitrogens with one attached hydrogen (secondary N) is 1. The lowest BCUT2D eigenvalue weighted by atomic mass is 9.82. The van der Waals surface area contributed by atoms with E-state index in [9.17, 15) is 15.0 Å². The van der Waals surface area contributed by atoms with Crippen LogP contribution in [-0.4, -0.2) is 76.0 Å². The van der Waals surface area contributed by atoms with Gasteiger partial charge >= 0.3 is 5.97 Å². The molecule has 0 bridgehead atoms. The molecule has 2 fully saturated rings. The highest BCUT2D eigenvalue weighted by Gasteiger charge is 2.31. The third kappa shape index (κ3) is 7.50. The van der Waals surface area contributed by atoms with E-state index in [-0.39, 0.29) is 18.1 Å². The van der Waals surface area contributed by atoms with Gasteiger partial charge in [0.25, 0.3) is 0 Å². The van der Waals surface area contributed by atoms with Crippen molar-refractivity contribution in [3.8, 4) is 40.0 Å². The number of rotatable bonds is 13. The van der Waals surface area contributed by atoms with Crippen molar-refractivity contribution in [3.63, 3.8) is 0 Å². The second-order valence-corrected chi connectivity index (χ2v) is 14.3. The normalized spacial score (nSPS) is 21.3. The quantitative estimate of drug-likeness (QED) is 0.141. The Morgan fingerprint density at radius 2 is 1.76 bits per heavy atom. The van der Waals surface area contributed by atoms with Gasteiger partial charge in [0, 0.05) is 36.3 Å². The summed E-state index contributed by atoms with van der Waals surface area (Å²) in [5, 5.41) is 23.3. The van der Waals surface area contributed by atoms with Crippen molar-refractivity contribution in [1.29, 1.82) is 0 Å². The van der Waals surface area contributed by atoms with Crippen LogP contribution in [0, 0.1) is 11.8 Å². The minimum Gasteiger partial charge on any atom is -0.481 e. The smallest absolute Gasteiger partial charge is 0.307 e. The number of pyridine rings is 1. The van der Waals surface area contributed by atoms with Crippen molar-refractivity contribution in [1.82, 2.24) is 25.2 Å². The highest BCUT2D eigenvalue weighted by Crippen LogP contribution is 2.44. The summed E-state index contributed by atoms with van der Waals surface area (Å²) in [4.78, 5) is 27.6. The van der Waals surface area contributed by atoms with Gasteiger partial charge in [-0.05, 0) is 73.9 Å². The number of fused-ring (bicyclic) bond motifs is 1.